The van der Waals surface area contributed by atoms with Crippen molar-refractivity contribution in [3.8, 4) is 0 Å². The summed E-state index contributed by atoms with van der Waals surface area (Å²) in [5.74, 6) is -2.25. The van der Waals surface area contributed by atoms with E-state index in [1.54, 1.807) is 4.90 Å². The lowest BCUT2D eigenvalue weighted by Gasteiger charge is -2.22. The SMILES string of the molecule is O=C(O)c1cn(C2C[C@@H]2F)c2c(Cl)c(N3CC[C@@H](O)C3)c(F)cc2c1=O. The maximum absolute atomic E-state index is 14.7. The third kappa shape index (κ3) is 2.55. The van der Waals surface area contributed by atoms with Crippen LogP contribution in [-0.2, 0) is 0 Å². The number of hydrogen-bond donors (Lipinski definition) is 2. The zero-order valence-corrected chi connectivity index (χ0v) is 14.2. The molecule has 0 amide bonds. The van der Waals surface area contributed by atoms with Gasteiger partial charge in [0.15, 0.2) is 0 Å². The summed E-state index contributed by atoms with van der Waals surface area (Å²) in [5, 5.41) is 18.7. The largest absolute Gasteiger partial charge is 0.477 e. The molecule has 2 heterocycles. The summed E-state index contributed by atoms with van der Waals surface area (Å²) in [6, 6.07) is 0.304. The molecule has 2 fully saturated rings. The van der Waals surface area contributed by atoms with Crippen molar-refractivity contribution in [3.05, 3.63) is 38.9 Å². The highest BCUT2D eigenvalue weighted by Gasteiger charge is 2.41. The van der Waals surface area contributed by atoms with E-state index in [0.717, 1.165) is 12.3 Å². The summed E-state index contributed by atoms with van der Waals surface area (Å²) in [6.45, 7) is 0.574. The first-order valence-corrected chi connectivity index (χ1v) is 8.54. The number of aromatic nitrogens is 1. The summed E-state index contributed by atoms with van der Waals surface area (Å²) < 4.78 is 29.7. The molecule has 1 aliphatic heterocycles. The number of aliphatic hydroxyl groups is 1. The van der Waals surface area contributed by atoms with Crippen LogP contribution in [0.15, 0.2) is 17.1 Å². The summed E-state index contributed by atoms with van der Waals surface area (Å²) in [7, 11) is 0. The Morgan fingerprint density at radius 3 is 2.62 bits per heavy atom. The number of nitrogens with zero attached hydrogens (tertiary/aromatic N) is 2. The molecule has 4 rings (SSSR count). The van der Waals surface area contributed by atoms with Crippen molar-refractivity contribution in [2.45, 2.75) is 31.2 Å². The van der Waals surface area contributed by atoms with Gasteiger partial charge >= 0.3 is 5.97 Å². The highest BCUT2D eigenvalue weighted by Crippen LogP contribution is 2.44. The summed E-state index contributed by atoms with van der Waals surface area (Å²) >= 11 is 6.41. The molecule has 0 bridgehead atoms. The first-order valence-electron chi connectivity index (χ1n) is 8.16. The number of alkyl halides is 1. The molecule has 138 valence electrons. The second-order valence-electron chi connectivity index (χ2n) is 6.71. The van der Waals surface area contributed by atoms with Crippen molar-refractivity contribution in [1.29, 1.82) is 0 Å². The Kier molecular flexibility index (Phi) is 3.92. The highest BCUT2D eigenvalue weighted by atomic mass is 35.5. The Morgan fingerprint density at radius 1 is 1.38 bits per heavy atom. The van der Waals surface area contributed by atoms with Gasteiger partial charge in [-0.2, -0.15) is 0 Å². The van der Waals surface area contributed by atoms with Gasteiger partial charge in [0.1, 0.15) is 17.6 Å². The number of β-amino-alcohol motifs (C(OH)–C–C–N with tert-alkyl or cyclic N) is 1. The number of anilines is 1. The lowest BCUT2D eigenvalue weighted by Crippen LogP contribution is -2.24. The van der Waals surface area contributed by atoms with Gasteiger partial charge in [-0.3, -0.25) is 4.79 Å². The van der Waals surface area contributed by atoms with Crippen molar-refractivity contribution < 1.29 is 23.8 Å². The molecule has 9 heteroatoms. The predicted octanol–water partition coefficient (Wildman–Crippen LogP) is 2.35. The quantitative estimate of drug-likeness (QED) is 0.848. The molecule has 6 nitrogen and oxygen atoms in total. The fraction of sp³-hybridized carbons (Fsp3) is 0.412. The summed E-state index contributed by atoms with van der Waals surface area (Å²) in [6.07, 6.45) is -0.100. The monoisotopic (exact) mass is 384 g/mol. The minimum absolute atomic E-state index is 0.0306. The topological polar surface area (TPSA) is 82.8 Å². The fourth-order valence-electron chi connectivity index (χ4n) is 3.52. The standard InChI is InChI=1S/C17H15ClF2N2O4/c18-13-14-8(3-11(20)15(13)21-2-1-7(23)5-21)16(24)9(17(25)26)6-22(14)12-4-10(12)19/h3,6-7,10,12,23H,1-2,4-5H2,(H,25,26)/t7-,10+,12?/m1/s1. The molecule has 0 spiro atoms. The average molecular weight is 385 g/mol. The van der Waals surface area contributed by atoms with Crippen molar-refractivity contribution in [1.82, 2.24) is 4.57 Å². The van der Waals surface area contributed by atoms with Crippen LogP contribution < -0.4 is 10.3 Å². The molecule has 2 N–H and O–H groups in total. The number of carbonyl (C=O) groups is 1. The molecule has 1 saturated carbocycles. The molecular weight excluding hydrogens is 370 g/mol. The molecule has 3 atom stereocenters. The first-order chi connectivity index (χ1) is 12.3. The van der Waals surface area contributed by atoms with E-state index in [2.05, 4.69) is 0 Å². The summed E-state index contributed by atoms with van der Waals surface area (Å²) in [4.78, 5) is 25.4. The lowest BCUT2D eigenvalue weighted by molar-refractivity contribution is 0.0694. The van der Waals surface area contributed by atoms with Gasteiger partial charge in [0.2, 0.25) is 5.43 Å². The fourth-order valence-corrected chi connectivity index (χ4v) is 3.93. The van der Waals surface area contributed by atoms with Gasteiger partial charge in [-0.25, -0.2) is 13.6 Å². The van der Waals surface area contributed by atoms with Gasteiger partial charge in [0.05, 0.1) is 33.8 Å². The van der Waals surface area contributed by atoms with E-state index >= 15 is 0 Å². The highest BCUT2D eigenvalue weighted by molar-refractivity contribution is 6.38. The van der Waals surface area contributed by atoms with Crippen molar-refractivity contribution in [2.24, 2.45) is 0 Å². The third-order valence-corrected chi connectivity index (χ3v) is 5.29. The van der Waals surface area contributed by atoms with E-state index in [4.69, 9.17) is 11.6 Å². The number of halogens is 3. The number of benzene rings is 1. The van der Waals surface area contributed by atoms with Crippen molar-refractivity contribution in [3.63, 3.8) is 0 Å². The van der Waals surface area contributed by atoms with Gasteiger partial charge in [-0.05, 0) is 12.5 Å². The van der Waals surface area contributed by atoms with Crippen LogP contribution in [-0.4, -0.2) is 46.1 Å². The van der Waals surface area contributed by atoms with Gasteiger partial charge < -0.3 is 19.7 Å². The molecule has 1 aromatic heterocycles. The minimum Gasteiger partial charge on any atom is -0.477 e. The maximum atomic E-state index is 14.7. The normalized spacial score (nSPS) is 25.1. The van der Waals surface area contributed by atoms with E-state index in [9.17, 15) is 28.6 Å². The van der Waals surface area contributed by atoms with Crippen LogP contribution in [0.25, 0.3) is 10.9 Å². The van der Waals surface area contributed by atoms with E-state index in [-0.39, 0.29) is 34.6 Å². The molecule has 0 radical (unpaired) electrons. The second kappa shape index (κ2) is 5.92. The number of pyridine rings is 1. The number of hydrogen-bond acceptors (Lipinski definition) is 4. The van der Waals surface area contributed by atoms with Crippen LogP contribution in [0.2, 0.25) is 5.02 Å². The van der Waals surface area contributed by atoms with Gasteiger partial charge in [-0.1, -0.05) is 11.6 Å². The van der Waals surface area contributed by atoms with Gasteiger partial charge in [-0.15, -0.1) is 0 Å². The molecular formula is C17H15ClF2N2O4. The maximum Gasteiger partial charge on any atom is 0.341 e. The Bertz CT molecular complexity index is 993. The third-order valence-electron chi connectivity index (χ3n) is 4.93. The zero-order chi connectivity index (χ0) is 18.7. The first kappa shape index (κ1) is 17.2. The van der Waals surface area contributed by atoms with E-state index in [0.29, 0.717) is 13.0 Å². The molecule has 1 unspecified atom stereocenters. The zero-order valence-electron chi connectivity index (χ0n) is 13.5. The smallest absolute Gasteiger partial charge is 0.341 e. The lowest BCUT2D eigenvalue weighted by atomic mass is 10.1. The molecule has 2 aliphatic rings. The van der Waals surface area contributed by atoms with Crippen LogP contribution >= 0.6 is 11.6 Å². The summed E-state index contributed by atoms with van der Waals surface area (Å²) in [5.41, 5.74) is -1.28. The predicted molar refractivity (Wildman–Crippen MR) is 91.5 cm³/mol. The van der Waals surface area contributed by atoms with Gasteiger partial charge in [0.25, 0.3) is 0 Å². The van der Waals surface area contributed by atoms with Gasteiger partial charge in [0, 0.05) is 25.7 Å². The number of fused-ring (bicyclic) bond motifs is 1. The van der Waals surface area contributed by atoms with Crippen LogP contribution in [0.3, 0.4) is 0 Å². The van der Waals surface area contributed by atoms with Crippen LogP contribution in [0.1, 0.15) is 29.2 Å². The Balaban J connectivity index is 2.03. The van der Waals surface area contributed by atoms with Crippen LogP contribution in [0.5, 0.6) is 0 Å². The molecule has 26 heavy (non-hydrogen) atoms. The van der Waals surface area contributed by atoms with Crippen LogP contribution in [0, 0.1) is 5.82 Å². The number of carboxylic acids is 1. The second-order valence-corrected chi connectivity index (χ2v) is 7.09. The Labute approximate surface area is 151 Å². The van der Waals surface area contributed by atoms with E-state index in [1.807, 2.05) is 0 Å². The van der Waals surface area contributed by atoms with Crippen LogP contribution in [0.4, 0.5) is 14.5 Å². The molecule has 1 saturated heterocycles. The molecule has 1 aliphatic carbocycles. The van der Waals surface area contributed by atoms with Crippen molar-refractivity contribution >= 4 is 34.2 Å². The average Bonchev–Trinajstić information content (AvgIpc) is 3.14. The van der Waals surface area contributed by atoms with E-state index < -0.39 is 41.1 Å². The number of carboxylic acid groups (broad SMARTS) is 1. The molecule has 1 aromatic carbocycles. The van der Waals surface area contributed by atoms with E-state index in [1.165, 1.54) is 4.57 Å². The van der Waals surface area contributed by atoms with Crippen molar-refractivity contribution in [2.75, 3.05) is 18.0 Å². The minimum atomic E-state index is -1.47. The number of rotatable bonds is 3. The molecule has 2 aromatic rings. The Hall–Kier alpha value is -2.19. The Morgan fingerprint density at radius 2 is 2.08 bits per heavy atom. The number of aromatic carboxylic acids is 1. The number of aliphatic hydroxyl groups excluding tert-OH is 1.